The van der Waals surface area contributed by atoms with Gasteiger partial charge in [0.25, 0.3) is 0 Å². The summed E-state index contributed by atoms with van der Waals surface area (Å²) in [6.07, 6.45) is 1.39. The highest BCUT2D eigenvalue weighted by molar-refractivity contribution is 5.72. The van der Waals surface area contributed by atoms with E-state index in [4.69, 9.17) is 5.11 Å². The Morgan fingerprint density at radius 1 is 1.44 bits per heavy atom. The first-order valence-electron chi connectivity index (χ1n) is 6.06. The van der Waals surface area contributed by atoms with E-state index in [-0.39, 0.29) is 12.0 Å². The first kappa shape index (κ1) is 13.5. The van der Waals surface area contributed by atoms with E-state index in [1.165, 1.54) is 0 Å². The topological polar surface area (TPSA) is 60.8 Å². The van der Waals surface area contributed by atoms with Gasteiger partial charge in [-0.25, -0.2) is 0 Å². The summed E-state index contributed by atoms with van der Waals surface area (Å²) < 4.78 is 0. The summed E-state index contributed by atoms with van der Waals surface area (Å²) in [4.78, 5) is 12.9. The fourth-order valence-corrected chi connectivity index (χ4v) is 2.39. The van der Waals surface area contributed by atoms with Crippen molar-refractivity contribution in [1.82, 2.24) is 4.90 Å². The summed E-state index contributed by atoms with van der Waals surface area (Å²) in [6.45, 7) is 7.36. The van der Waals surface area contributed by atoms with Gasteiger partial charge >= 0.3 is 5.97 Å². The second-order valence-corrected chi connectivity index (χ2v) is 5.25. The standard InChI is InChI=1S/C12H23NO3/c1-8(2)6-10-7-13(5-4-11(10)14)9(3)12(15)16/h8-11,14H,4-7H2,1-3H3,(H,15,16)/t9-,10+,11+/m0/s1. The highest BCUT2D eigenvalue weighted by Crippen LogP contribution is 2.24. The fourth-order valence-electron chi connectivity index (χ4n) is 2.39. The molecule has 16 heavy (non-hydrogen) atoms. The van der Waals surface area contributed by atoms with E-state index >= 15 is 0 Å². The summed E-state index contributed by atoms with van der Waals surface area (Å²) in [6, 6.07) is -0.442. The SMILES string of the molecule is CC(C)C[C@@H]1CN([C@@H](C)C(=O)O)CC[C@H]1O. The normalized spacial score (nSPS) is 29.3. The molecular weight excluding hydrogens is 206 g/mol. The average Bonchev–Trinajstić information content (AvgIpc) is 2.19. The number of hydrogen-bond acceptors (Lipinski definition) is 3. The number of aliphatic hydroxyl groups is 1. The van der Waals surface area contributed by atoms with Crippen molar-refractivity contribution < 1.29 is 15.0 Å². The van der Waals surface area contributed by atoms with Crippen molar-refractivity contribution in [3.05, 3.63) is 0 Å². The van der Waals surface area contributed by atoms with Gasteiger partial charge in [0.15, 0.2) is 0 Å². The fraction of sp³-hybridized carbons (Fsp3) is 0.917. The maximum Gasteiger partial charge on any atom is 0.320 e. The van der Waals surface area contributed by atoms with Crippen LogP contribution in [-0.2, 0) is 4.79 Å². The third kappa shape index (κ3) is 3.46. The van der Waals surface area contributed by atoms with Crippen LogP contribution in [0.5, 0.6) is 0 Å². The molecule has 1 aliphatic heterocycles. The molecule has 1 heterocycles. The molecule has 1 aliphatic rings. The average molecular weight is 229 g/mol. The van der Waals surface area contributed by atoms with Crippen LogP contribution in [-0.4, -0.2) is 46.3 Å². The van der Waals surface area contributed by atoms with E-state index in [1.807, 2.05) is 4.90 Å². The molecule has 4 nitrogen and oxygen atoms in total. The second-order valence-electron chi connectivity index (χ2n) is 5.25. The van der Waals surface area contributed by atoms with Crippen molar-refractivity contribution in [2.24, 2.45) is 11.8 Å². The molecule has 0 radical (unpaired) electrons. The van der Waals surface area contributed by atoms with E-state index in [2.05, 4.69) is 13.8 Å². The lowest BCUT2D eigenvalue weighted by molar-refractivity contribution is -0.144. The number of carboxylic acids is 1. The Morgan fingerprint density at radius 2 is 2.06 bits per heavy atom. The molecule has 0 aliphatic carbocycles. The Hall–Kier alpha value is -0.610. The van der Waals surface area contributed by atoms with Crippen molar-refractivity contribution in [2.45, 2.75) is 45.8 Å². The predicted octanol–water partition coefficient (Wildman–Crippen LogP) is 1.19. The van der Waals surface area contributed by atoms with Gasteiger partial charge in [-0.3, -0.25) is 9.69 Å². The van der Waals surface area contributed by atoms with Crippen LogP contribution in [0.25, 0.3) is 0 Å². The van der Waals surface area contributed by atoms with Gasteiger partial charge in [0.05, 0.1) is 6.10 Å². The van der Waals surface area contributed by atoms with Crippen LogP contribution in [0, 0.1) is 11.8 Å². The van der Waals surface area contributed by atoms with E-state index in [9.17, 15) is 9.90 Å². The minimum absolute atomic E-state index is 0.218. The zero-order valence-electron chi connectivity index (χ0n) is 10.4. The molecule has 0 bridgehead atoms. The minimum Gasteiger partial charge on any atom is -0.480 e. The highest BCUT2D eigenvalue weighted by Gasteiger charge is 2.32. The Kier molecular flexibility index (Phi) is 4.74. The highest BCUT2D eigenvalue weighted by atomic mass is 16.4. The van der Waals surface area contributed by atoms with Crippen molar-refractivity contribution in [2.75, 3.05) is 13.1 Å². The van der Waals surface area contributed by atoms with E-state index in [0.29, 0.717) is 25.4 Å². The van der Waals surface area contributed by atoms with Gasteiger partial charge in [0.1, 0.15) is 6.04 Å². The van der Waals surface area contributed by atoms with Crippen molar-refractivity contribution >= 4 is 5.97 Å². The minimum atomic E-state index is -0.778. The summed E-state index contributed by atoms with van der Waals surface area (Å²) in [5, 5.41) is 18.8. The lowest BCUT2D eigenvalue weighted by atomic mass is 9.87. The molecule has 94 valence electrons. The van der Waals surface area contributed by atoms with Crippen LogP contribution in [0.1, 0.15) is 33.6 Å². The Morgan fingerprint density at radius 3 is 2.56 bits per heavy atom. The number of carbonyl (C=O) groups is 1. The summed E-state index contributed by atoms with van der Waals surface area (Å²) in [5.74, 6) is -0.0185. The molecule has 2 N–H and O–H groups in total. The number of aliphatic carboxylic acids is 1. The molecule has 0 aromatic heterocycles. The molecule has 0 aromatic carbocycles. The van der Waals surface area contributed by atoms with E-state index in [1.54, 1.807) is 6.92 Å². The van der Waals surface area contributed by atoms with Gasteiger partial charge in [-0.1, -0.05) is 13.8 Å². The maximum absolute atomic E-state index is 10.9. The number of piperidine rings is 1. The van der Waals surface area contributed by atoms with Crippen LogP contribution in [0.2, 0.25) is 0 Å². The molecule has 4 heteroatoms. The molecule has 0 spiro atoms. The number of rotatable bonds is 4. The zero-order chi connectivity index (χ0) is 12.3. The summed E-state index contributed by atoms with van der Waals surface area (Å²) in [5.41, 5.74) is 0. The number of carboxylic acid groups (broad SMARTS) is 1. The van der Waals surface area contributed by atoms with E-state index in [0.717, 1.165) is 6.42 Å². The third-order valence-corrected chi connectivity index (χ3v) is 3.40. The first-order chi connectivity index (χ1) is 7.41. The molecule has 1 rings (SSSR count). The summed E-state index contributed by atoms with van der Waals surface area (Å²) in [7, 11) is 0. The third-order valence-electron chi connectivity index (χ3n) is 3.40. The molecule has 0 saturated carbocycles. The van der Waals surface area contributed by atoms with E-state index < -0.39 is 12.0 Å². The van der Waals surface area contributed by atoms with Gasteiger partial charge in [0, 0.05) is 13.1 Å². The molecule has 0 amide bonds. The van der Waals surface area contributed by atoms with Crippen LogP contribution in [0.3, 0.4) is 0 Å². The number of aliphatic hydroxyl groups excluding tert-OH is 1. The van der Waals surface area contributed by atoms with Gasteiger partial charge < -0.3 is 10.2 Å². The Labute approximate surface area is 97.3 Å². The molecule has 1 saturated heterocycles. The smallest absolute Gasteiger partial charge is 0.320 e. The quantitative estimate of drug-likeness (QED) is 0.760. The largest absolute Gasteiger partial charge is 0.480 e. The maximum atomic E-state index is 10.9. The Bertz CT molecular complexity index is 242. The van der Waals surface area contributed by atoms with Crippen LogP contribution in [0.15, 0.2) is 0 Å². The van der Waals surface area contributed by atoms with Gasteiger partial charge in [-0.15, -0.1) is 0 Å². The van der Waals surface area contributed by atoms with Crippen LogP contribution in [0.4, 0.5) is 0 Å². The molecule has 3 atom stereocenters. The summed E-state index contributed by atoms with van der Waals surface area (Å²) >= 11 is 0. The molecule has 0 unspecified atom stereocenters. The van der Waals surface area contributed by atoms with Crippen molar-refractivity contribution in [3.63, 3.8) is 0 Å². The zero-order valence-corrected chi connectivity index (χ0v) is 10.4. The first-order valence-corrected chi connectivity index (χ1v) is 6.06. The van der Waals surface area contributed by atoms with Gasteiger partial charge in [0.2, 0.25) is 0 Å². The van der Waals surface area contributed by atoms with Crippen molar-refractivity contribution in [1.29, 1.82) is 0 Å². The number of likely N-dealkylation sites (tertiary alicyclic amines) is 1. The molecular formula is C12H23NO3. The second kappa shape index (κ2) is 5.64. The number of nitrogens with zero attached hydrogens (tertiary/aromatic N) is 1. The van der Waals surface area contributed by atoms with Crippen molar-refractivity contribution in [3.8, 4) is 0 Å². The Balaban J connectivity index is 2.56. The monoisotopic (exact) mass is 229 g/mol. The molecule has 0 aromatic rings. The van der Waals surface area contributed by atoms with Gasteiger partial charge in [-0.2, -0.15) is 0 Å². The van der Waals surface area contributed by atoms with Crippen LogP contribution >= 0.6 is 0 Å². The lowest BCUT2D eigenvalue weighted by Gasteiger charge is -2.38. The van der Waals surface area contributed by atoms with Gasteiger partial charge in [-0.05, 0) is 31.6 Å². The van der Waals surface area contributed by atoms with Crippen LogP contribution < -0.4 is 0 Å². The molecule has 1 fully saturated rings. The lowest BCUT2D eigenvalue weighted by Crippen LogP contribution is -2.49. The number of hydrogen-bond donors (Lipinski definition) is 2. The predicted molar refractivity (Wildman–Crippen MR) is 62.2 cm³/mol.